The third kappa shape index (κ3) is 4.06. The fourth-order valence-electron chi connectivity index (χ4n) is 1.38. The van der Waals surface area contributed by atoms with Gasteiger partial charge in [-0.3, -0.25) is 4.79 Å². The Morgan fingerprint density at radius 1 is 1.80 bits per heavy atom. The number of alkyl halides is 1. The van der Waals surface area contributed by atoms with Crippen molar-refractivity contribution in [2.24, 2.45) is 0 Å². The predicted octanol–water partition coefficient (Wildman–Crippen LogP) is -0.336. The number of carbonyl (C=O) groups excluding carboxylic acids is 1. The van der Waals surface area contributed by atoms with Gasteiger partial charge in [-0.05, 0) is 0 Å². The van der Waals surface area contributed by atoms with Crippen molar-refractivity contribution in [3.63, 3.8) is 0 Å². The highest BCUT2D eigenvalue weighted by atomic mass is 79.9. The second kappa shape index (κ2) is 5.79. The molecule has 0 aliphatic carbocycles. The molecule has 1 aliphatic rings. The average molecular weight is 282 g/mol. The summed E-state index contributed by atoms with van der Waals surface area (Å²) in [5, 5.41) is 12.9. The molecular weight excluding hydrogens is 266 g/mol. The summed E-state index contributed by atoms with van der Waals surface area (Å²) in [4.78, 5) is 10.6. The van der Waals surface area contributed by atoms with E-state index in [1.165, 1.54) is 7.11 Å². The van der Waals surface area contributed by atoms with Gasteiger partial charge in [0, 0.05) is 26.1 Å². The van der Waals surface area contributed by atoms with Crippen LogP contribution in [-0.2, 0) is 14.3 Å². The van der Waals surface area contributed by atoms with E-state index in [2.05, 4.69) is 26.0 Å². The van der Waals surface area contributed by atoms with E-state index in [9.17, 15) is 9.90 Å². The maximum atomic E-state index is 11.0. The summed E-state index contributed by atoms with van der Waals surface area (Å²) >= 11 is 3.18. The average Bonchev–Trinajstić information content (AvgIpc) is 2.64. The number of hydrogen-bond acceptors (Lipinski definition) is 5. The lowest BCUT2D eigenvalue weighted by Gasteiger charge is -2.21. The van der Waals surface area contributed by atoms with Gasteiger partial charge < -0.3 is 19.9 Å². The molecule has 1 saturated heterocycles. The van der Waals surface area contributed by atoms with Gasteiger partial charge >= 0.3 is 5.97 Å². The highest BCUT2D eigenvalue weighted by molar-refractivity contribution is 9.10. The fourth-order valence-corrected chi connectivity index (χ4v) is 1.79. The first-order chi connectivity index (χ1) is 7.07. The number of halogens is 1. The predicted molar refractivity (Wildman–Crippen MR) is 58.0 cm³/mol. The Bertz CT molecular complexity index is 218. The second-order valence-electron chi connectivity index (χ2n) is 3.65. The van der Waals surface area contributed by atoms with Crippen LogP contribution in [-0.4, -0.2) is 54.9 Å². The van der Waals surface area contributed by atoms with E-state index in [-0.39, 0.29) is 10.8 Å². The summed E-state index contributed by atoms with van der Waals surface area (Å²) in [7, 11) is 1.34. The molecule has 1 heterocycles. The van der Waals surface area contributed by atoms with Gasteiger partial charge in [-0.15, -0.1) is 0 Å². The molecule has 1 rings (SSSR count). The van der Waals surface area contributed by atoms with Crippen molar-refractivity contribution in [1.82, 2.24) is 5.32 Å². The van der Waals surface area contributed by atoms with Gasteiger partial charge in [0.2, 0.25) is 0 Å². The molecule has 6 heteroatoms. The minimum atomic E-state index is -0.789. The molecule has 0 saturated carbocycles. The molecule has 0 aromatic carbocycles. The summed E-state index contributed by atoms with van der Waals surface area (Å²) < 4.78 is 9.64. The van der Waals surface area contributed by atoms with Gasteiger partial charge in [-0.2, -0.15) is 0 Å². The quantitative estimate of drug-likeness (QED) is 0.533. The number of carbonyl (C=O) groups is 1. The van der Waals surface area contributed by atoms with Crippen LogP contribution in [0.1, 0.15) is 6.42 Å². The third-order valence-corrected chi connectivity index (χ3v) is 3.01. The molecular formula is C9H16BrNO4. The van der Waals surface area contributed by atoms with Crippen LogP contribution in [0.4, 0.5) is 0 Å². The van der Waals surface area contributed by atoms with Gasteiger partial charge in [0.15, 0.2) is 0 Å². The van der Waals surface area contributed by atoms with Gasteiger partial charge in [-0.25, -0.2) is 0 Å². The van der Waals surface area contributed by atoms with Gasteiger partial charge in [0.05, 0.1) is 13.7 Å². The van der Waals surface area contributed by atoms with Crippen LogP contribution in [0.3, 0.4) is 0 Å². The number of ether oxygens (including phenoxy) is 2. The number of esters is 1. The maximum absolute atomic E-state index is 11.0. The maximum Gasteiger partial charge on any atom is 0.320 e. The molecule has 0 amide bonds. The fraction of sp³-hybridized carbons (Fsp3) is 0.889. The monoisotopic (exact) mass is 281 g/mol. The zero-order chi connectivity index (χ0) is 11.3. The van der Waals surface area contributed by atoms with Crippen LogP contribution in [0.15, 0.2) is 0 Å². The number of rotatable bonds is 5. The van der Waals surface area contributed by atoms with E-state index in [4.69, 9.17) is 4.74 Å². The number of nitrogens with one attached hydrogen (secondary N) is 1. The van der Waals surface area contributed by atoms with Crippen molar-refractivity contribution in [3.05, 3.63) is 0 Å². The Balaban J connectivity index is 2.18. The van der Waals surface area contributed by atoms with E-state index in [0.717, 1.165) is 0 Å². The number of methoxy groups -OCH3 is 1. The van der Waals surface area contributed by atoms with Gasteiger partial charge in [0.1, 0.15) is 10.4 Å². The molecule has 1 aliphatic heterocycles. The summed E-state index contributed by atoms with van der Waals surface area (Å²) in [5.74, 6) is -0.322. The summed E-state index contributed by atoms with van der Waals surface area (Å²) in [6.07, 6.45) is 0.630. The first-order valence-corrected chi connectivity index (χ1v) is 5.72. The highest BCUT2D eigenvalue weighted by Gasteiger charge is 2.32. The Morgan fingerprint density at radius 3 is 3.07 bits per heavy atom. The minimum Gasteiger partial charge on any atom is -0.468 e. The molecule has 0 radical (unpaired) electrons. The van der Waals surface area contributed by atoms with Crippen molar-refractivity contribution >= 4 is 21.9 Å². The molecule has 88 valence electrons. The molecule has 1 fully saturated rings. The molecule has 15 heavy (non-hydrogen) atoms. The topological polar surface area (TPSA) is 67.8 Å². The second-order valence-corrected chi connectivity index (χ2v) is 4.75. The van der Waals surface area contributed by atoms with E-state index in [1.54, 1.807) is 0 Å². The van der Waals surface area contributed by atoms with Gasteiger partial charge in [-0.1, -0.05) is 15.9 Å². The SMILES string of the molecule is COC(=O)C(Br)CNCC1(O)CCOC1. The van der Waals surface area contributed by atoms with Crippen LogP contribution in [0.5, 0.6) is 0 Å². The van der Waals surface area contributed by atoms with Crippen molar-refractivity contribution in [3.8, 4) is 0 Å². The first-order valence-electron chi connectivity index (χ1n) is 4.80. The lowest BCUT2D eigenvalue weighted by molar-refractivity contribution is -0.139. The summed E-state index contributed by atoms with van der Waals surface area (Å²) in [6.45, 7) is 1.79. The lowest BCUT2D eigenvalue weighted by atomic mass is 10.0. The standard InChI is InChI=1S/C9H16BrNO4/c1-14-8(12)7(10)4-11-5-9(13)2-3-15-6-9/h7,11,13H,2-6H2,1H3. The summed E-state index contributed by atoms with van der Waals surface area (Å²) in [5.41, 5.74) is -0.789. The minimum absolute atomic E-state index is 0.322. The zero-order valence-corrected chi connectivity index (χ0v) is 10.2. The Labute approximate surface area is 97.3 Å². The Morgan fingerprint density at radius 2 is 2.53 bits per heavy atom. The molecule has 0 bridgehead atoms. The van der Waals surface area contributed by atoms with Crippen LogP contribution < -0.4 is 5.32 Å². The third-order valence-electron chi connectivity index (χ3n) is 2.32. The number of hydrogen-bond donors (Lipinski definition) is 2. The highest BCUT2D eigenvalue weighted by Crippen LogP contribution is 2.16. The lowest BCUT2D eigenvalue weighted by Crippen LogP contribution is -2.43. The Hall–Kier alpha value is -0.170. The number of aliphatic hydroxyl groups is 1. The molecule has 0 aromatic heterocycles. The molecule has 0 aromatic rings. The molecule has 2 atom stereocenters. The van der Waals surface area contributed by atoms with Crippen molar-refractivity contribution in [2.75, 3.05) is 33.4 Å². The van der Waals surface area contributed by atoms with Gasteiger partial charge in [0.25, 0.3) is 0 Å². The van der Waals surface area contributed by atoms with Crippen molar-refractivity contribution < 1.29 is 19.4 Å². The van der Waals surface area contributed by atoms with Crippen molar-refractivity contribution in [2.45, 2.75) is 16.8 Å². The first kappa shape index (κ1) is 12.9. The van der Waals surface area contributed by atoms with E-state index in [1.807, 2.05) is 0 Å². The Kier molecular flexibility index (Phi) is 4.98. The molecule has 5 nitrogen and oxygen atoms in total. The zero-order valence-electron chi connectivity index (χ0n) is 8.66. The van der Waals surface area contributed by atoms with E-state index in [0.29, 0.717) is 32.7 Å². The van der Waals surface area contributed by atoms with Crippen LogP contribution in [0, 0.1) is 0 Å². The van der Waals surface area contributed by atoms with Crippen LogP contribution >= 0.6 is 15.9 Å². The normalized spacial score (nSPS) is 27.7. The largest absolute Gasteiger partial charge is 0.468 e. The summed E-state index contributed by atoms with van der Waals surface area (Å²) in [6, 6.07) is 0. The van der Waals surface area contributed by atoms with Crippen LogP contribution in [0.25, 0.3) is 0 Å². The smallest absolute Gasteiger partial charge is 0.320 e. The van der Waals surface area contributed by atoms with E-state index < -0.39 is 5.60 Å². The van der Waals surface area contributed by atoms with Crippen molar-refractivity contribution in [1.29, 1.82) is 0 Å². The molecule has 2 unspecified atom stereocenters. The molecule has 0 spiro atoms. The molecule has 2 N–H and O–H groups in total. The van der Waals surface area contributed by atoms with Crippen LogP contribution in [0.2, 0.25) is 0 Å². The van der Waals surface area contributed by atoms with E-state index >= 15 is 0 Å².